The Morgan fingerprint density at radius 1 is 1.05 bits per heavy atom. The Bertz CT molecular complexity index is 546. The molecule has 1 nitrogen and oxygen atoms in total. The molecule has 0 bridgehead atoms. The van der Waals surface area contributed by atoms with E-state index in [9.17, 15) is 4.39 Å². The van der Waals surface area contributed by atoms with Crippen molar-refractivity contribution in [1.29, 1.82) is 0 Å². The highest BCUT2D eigenvalue weighted by Gasteiger charge is 2.02. The summed E-state index contributed by atoms with van der Waals surface area (Å²) in [7, 11) is 0. The number of rotatable bonds is 6. The highest BCUT2D eigenvalue weighted by Crippen LogP contribution is 2.15. The lowest BCUT2D eigenvalue weighted by Gasteiger charge is -2.09. The zero-order valence-electron chi connectivity index (χ0n) is 12.2. The van der Waals surface area contributed by atoms with Crippen LogP contribution in [0.1, 0.15) is 36.5 Å². The Hall–Kier alpha value is -1.83. The highest BCUT2D eigenvalue weighted by molar-refractivity contribution is 5.45. The van der Waals surface area contributed by atoms with Gasteiger partial charge in [-0.1, -0.05) is 43.2 Å². The van der Waals surface area contributed by atoms with Crippen LogP contribution in [0.5, 0.6) is 0 Å². The van der Waals surface area contributed by atoms with E-state index in [-0.39, 0.29) is 5.82 Å². The third-order valence-corrected chi connectivity index (χ3v) is 3.46. The van der Waals surface area contributed by atoms with Gasteiger partial charge in [-0.05, 0) is 43.5 Å². The fourth-order valence-electron chi connectivity index (χ4n) is 2.21. The molecule has 0 fully saturated rings. The first-order valence-electron chi connectivity index (χ1n) is 7.27. The van der Waals surface area contributed by atoms with Crippen LogP contribution in [0.15, 0.2) is 42.5 Å². The number of hydrogen-bond donors (Lipinski definition) is 1. The second kappa shape index (κ2) is 7.09. The monoisotopic (exact) mass is 271 g/mol. The van der Waals surface area contributed by atoms with E-state index >= 15 is 0 Å². The SMILES string of the molecule is CCCCc1ccc(NCc2cc(C)ccc2F)cc1. The first-order chi connectivity index (χ1) is 9.69. The maximum Gasteiger partial charge on any atom is 0.128 e. The summed E-state index contributed by atoms with van der Waals surface area (Å²) >= 11 is 0. The molecule has 1 N–H and O–H groups in total. The van der Waals surface area contributed by atoms with E-state index in [1.54, 1.807) is 6.07 Å². The first-order valence-corrected chi connectivity index (χ1v) is 7.27. The first kappa shape index (κ1) is 14.6. The van der Waals surface area contributed by atoms with Crippen LogP contribution < -0.4 is 5.32 Å². The van der Waals surface area contributed by atoms with Crippen molar-refractivity contribution in [2.24, 2.45) is 0 Å². The van der Waals surface area contributed by atoms with Crippen molar-refractivity contribution >= 4 is 5.69 Å². The standard InChI is InChI=1S/C18H22FN/c1-3-4-5-15-7-9-17(10-8-15)20-13-16-12-14(2)6-11-18(16)19/h6-12,20H,3-5,13H2,1-2H3. The molecule has 0 radical (unpaired) electrons. The third-order valence-electron chi connectivity index (χ3n) is 3.46. The van der Waals surface area contributed by atoms with E-state index in [1.807, 2.05) is 13.0 Å². The van der Waals surface area contributed by atoms with Crippen LogP contribution >= 0.6 is 0 Å². The molecule has 0 heterocycles. The Balaban J connectivity index is 1.95. The molecule has 2 aromatic carbocycles. The summed E-state index contributed by atoms with van der Waals surface area (Å²) in [4.78, 5) is 0. The fourth-order valence-corrected chi connectivity index (χ4v) is 2.21. The predicted molar refractivity (Wildman–Crippen MR) is 83.5 cm³/mol. The summed E-state index contributed by atoms with van der Waals surface area (Å²) in [6.07, 6.45) is 3.57. The van der Waals surface area contributed by atoms with E-state index in [0.717, 1.165) is 17.7 Å². The molecule has 0 amide bonds. The smallest absolute Gasteiger partial charge is 0.128 e. The summed E-state index contributed by atoms with van der Waals surface area (Å²) in [5.74, 6) is -0.150. The Morgan fingerprint density at radius 2 is 1.80 bits per heavy atom. The van der Waals surface area contributed by atoms with Gasteiger partial charge in [0.25, 0.3) is 0 Å². The van der Waals surface area contributed by atoms with Crippen LogP contribution in [-0.4, -0.2) is 0 Å². The Labute approximate surface area is 120 Å². The molecule has 0 aliphatic heterocycles. The third kappa shape index (κ3) is 4.09. The van der Waals surface area contributed by atoms with Gasteiger partial charge in [-0.3, -0.25) is 0 Å². The maximum atomic E-state index is 13.6. The minimum Gasteiger partial charge on any atom is -0.381 e. The van der Waals surface area contributed by atoms with E-state index in [4.69, 9.17) is 0 Å². The molecule has 2 rings (SSSR count). The highest BCUT2D eigenvalue weighted by atomic mass is 19.1. The summed E-state index contributed by atoms with van der Waals surface area (Å²) in [5.41, 5.74) is 4.18. The van der Waals surface area contributed by atoms with Crippen molar-refractivity contribution in [1.82, 2.24) is 0 Å². The second-order valence-electron chi connectivity index (χ2n) is 5.25. The summed E-state index contributed by atoms with van der Waals surface area (Å²) < 4.78 is 13.6. The van der Waals surface area contributed by atoms with Gasteiger partial charge >= 0.3 is 0 Å². The number of unbranched alkanes of at least 4 members (excludes halogenated alkanes) is 1. The summed E-state index contributed by atoms with van der Waals surface area (Å²) in [6, 6.07) is 13.6. The zero-order chi connectivity index (χ0) is 14.4. The van der Waals surface area contributed by atoms with Gasteiger partial charge < -0.3 is 5.32 Å². The molecule has 2 heteroatoms. The molecule has 0 saturated carbocycles. The van der Waals surface area contributed by atoms with Crippen molar-refractivity contribution in [3.63, 3.8) is 0 Å². The van der Waals surface area contributed by atoms with Crippen molar-refractivity contribution in [2.45, 2.75) is 39.7 Å². The summed E-state index contributed by atoms with van der Waals surface area (Å²) in [5, 5.41) is 3.27. The van der Waals surface area contributed by atoms with Crippen molar-refractivity contribution < 1.29 is 4.39 Å². The lowest BCUT2D eigenvalue weighted by molar-refractivity contribution is 0.612. The van der Waals surface area contributed by atoms with Crippen LogP contribution in [0, 0.1) is 12.7 Å². The molecule has 0 saturated heterocycles. The molecule has 0 atom stereocenters. The average Bonchev–Trinajstić information content (AvgIpc) is 2.47. The molecule has 2 aromatic rings. The molecule has 20 heavy (non-hydrogen) atoms. The van der Waals surface area contributed by atoms with E-state index in [2.05, 4.69) is 36.5 Å². The predicted octanol–water partition coefficient (Wildman–Crippen LogP) is 5.09. The Morgan fingerprint density at radius 3 is 2.50 bits per heavy atom. The van der Waals surface area contributed by atoms with Crippen LogP contribution in [0.4, 0.5) is 10.1 Å². The molecule has 0 unspecified atom stereocenters. The number of anilines is 1. The van der Waals surface area contributed by atoms with Crippen molar-refractivity contribution in [3.8, 4) is 0 Å². The number of halogens is 1. The van der Waals surface area contributed by atoms with Gasteiger partial charge in [-0.15, -0.1) is 0 Å². The average molecular weight is 271 g/mol. The molecular weight excluding hydrogens is 249 g/mol. The minimum atomic E-state index is -0.150. The second-order valence-corrected chi connectivity index (χ2v) is 5.25. The van der Waals surface area contributed by atoms with Gasteiger partial charge in [0.05, 0.1) is 0 Å². The molecule has 0 aromatic heterocycles. The van der Waals surface area contributed by atoms with Gasteiger partial charge in [-0.2, -0.15) is 0 Å². The number of aryl methyl sites for hydroxylation is 2. The molecular formula is C18H22FN. The van der Waals surface area contributed by atoms with Gasteiger partial charge in [0.2, 0.25) is 0 Å². The van der Waals surface area contributed by atoms with E-state index in [0.29, 0.717) is 12.1 Å². The number of hydrogen-bond acceptors (Lipinski definition) is 1. The van der Waals surface area contributed by atoms with Gasteiger partial charge in [0.15, 0.2) is 0 Å². The molecule has 0 aliphatic carbocycles. The van der Waals surface area contributed by atoms with Crippen molar-refractivity contribution in [2.75, 3.05) is 5.32 Å². The topological polar surface area (TPSA) is 12.0 Å². The van der Waals surface area contributed by atoms with Crippen LogP contribution in [-0.2, 0) is 13.0 Å². The van der Waals surface area contributed by atoms with Crippen LogP contribution in [0.2, 0.25) is 0 Å². The van der Waals surface area contributed by atoms with Gasteiger partial charge in [-0.25, -0.2) is 4.39 Å². The number of nitrogens with one attached hydrogen (secondary N) is 1. The minimum absolute atomic E-state index is 0.150. The van der Waals surface area contributed by atoms with Crippen molar-refractivity contribution in [3.05, 3.63) is 65.0 Å². The van der Waals surface area contributed by atoms with Gasteiger partial charge in [0, 0.05) is 17.8 Å². The molecule has 0 spiro atoms. The van der Waals surface area contributed by atoms with E-state index < -0.39 is 0 Å². The lowest BCUT2D eigenvalue weighted by atomic mass is 10.1. The lowest BCUT2D eigenvalue weighted by Crippen LogP contribution is -2.02. The largest absolute Gasteiger partial charge is 0.381 e. The summed E-state index contributed by atoms with van der Waals surface area (Å²) in [6.45, 7) is 4.69. The van der Waals surface area contributed by atoms with Gasteiger partial charge in [0.1, 0.15) is 5.82 Å². The molecule has 106 valence electrons. The number of benzene rings is 2. The Kier molecular flexibility index (Phi) is 5.16. The van der Waals surface area contributed by atoms with E-state index in [1.165, 1.54) is 24.5 Å². The maximum absolute atomic E-state index is 13.6. The normalized spacial score (nSPS) is 10.6. The van der Waals surface area contributed by atoms with Crippen LogP contribution in [0.3, 0.4) is 0 Å². The molecule has 0 aliphatic rings. The quantitative estimate of drug-likeness (QED) is 0.771. The van der Waals surface area contributed by atoms with Crippen LogP contribution in [0.25, 0.3) is 0 Å². The zero-order valence-corrected chi connectivity index (χ0v) is 12.2. The fraction of sp³-hybridized carbons (Fsp3) is 0.333.